The van der Waals surface area contributed by atoms with E-state index in [0.29, 0.717) is 23.0 Å². The molecule has 0 radical (unpaired) electrons. The molecule has 0 heterocycles. The Labute approximate surface area is 301 Å². The fraction of sp³-hybridized carbons (Fsp3) is 0.391. The molecule has 2 aliphatic rings. The largest absolute Gasteiger partial charge is 0.506 e. The molecule has 2 unspecified atom stereocenters. The third kappa shape index (κ3) is 8.64. The minimum Gasteiger partial charge on any atom is -0.506 e. The minimum atomic E-state index is -0.106. The van der Waals surface area contributed by atoms with E-state index in [1.54, 1.807) is 0 Å². The van der Waals surface area contributed by atoms with E-state index >= 15 is 0 Å². The van der Waals surface area contributed by atoms with Gasteiger partial charge in [0.25, 0.3) is 0 Å². The number of nitrogens with zero attached hydrogens (tertiary/aromatic N) is 2. The van der Waals surface area contributed by atoms with Crippen molar-refractivity contribution in [2.24, 2.45) is 11.8 Å². The number of unbranched alkanes of at least 4 members (excludes halogenated alkanes) is 2. The van der Waals surface area contributed by atoms with Gasteiger partial charge in [-0.3, -0.25) is 4.79 Å². The van der Waals surface area contributed by atoms with Crippen LogP contribution in [0.4, 0.5) is 17.1 Å². The molecule has 2 atom stereocenters. The van der Waals surface area contributed by atoms with Crippen LogP contribution in [-0.2, 0) is 4.79 Å². The van der Waals surface area contributed by atoms with Crippen molar-refractivity contribution in [2.75, 3.05) is 18.0 Å². The fourth-order valence-corrected chi connectivity index (χ4v) is 7.07. The Morgan fingerprint density at radius 2 is 1.18 bits per heavy atom. The number of aliphatic hydroxyl groups is 1. The highest BCUT2D eigenvalue weighted by Crippen LogP contribution is 2.40. The quantitative estimate of drug-likeness (QED) is 0.122. The van der Waals surface area contributed by atoms with Gasteiger partial charge in [-0.1, -0.05) is 107 Å². The molecule has 0 saturated carbocycles. The van der Waals surface area contributed by atoms with E-state index in [1.807, 2.05) is 24.3 Å². The Hall–Kier alpha value is -4.44. The molecular weight excluding hydrogens is 613 g/mol. The van der Waals surface area contributed by atoms with Crippen LogP contribution in [0.5, 0.6) is 0 Å². The number of rotatable bonds is 16. The molecule has 0 fully saturated rings. The first-order valence-corrected chi connectivity index (χ1v) is 19.0. The standard InChI is InChI=1S/C46H56N2O2/c1-7-11-13-35(9-3)31-47(39-23-15-33(5)16-24-39)41-27-19-37(20-28-41)43-45(49)44(46(43)50)38-21-29-42(30-22-38)48(32-36(10-4)14-12-8-2)40-25-17-34(6)18-26-40/h15-30,35-36H,7-14,31-32H2,1-6H3/p+1. The van der Waals surface area contributed by atoms with Crippen molar-refractivity contribution in [3.63, 3.8) is 0 Å². The Balaban J connectivity index is 1.40. The van der Waals surface area contributed by atoms with E-state index < -0.39 is 0 Å². The lowest BCUT2D eigenvalue weighted by molar-refractivity contribution is -0.448. The lowest BCUT2D eigenvalue weighted by atomic mass is 9.80. The Kier molecular flexibility index (Phi) is 12.9. The average Bonchev–Trinajstić information content (AvgIpc) is 3.14. The summed E-state index contributed by atoms with van der Waals surface area (Å²) in [5.74, 6) is 1.16. The average molecular weight is 670 g/mol. The van der Waals surface area contributed by atoms with Crippen molar-refractivity contribution in [3.05, 3.63) is 131 Å². The lowest BCUT2D eigenvalue weighted by Gasteiger charge is -2.30. The topological polar surface area (TPSA) is 43.5 Å². The van der Waals surface area contributed by atoms with Gasteiger partial charge in [-0.2, -0.15) is 4.58 Å². The number of Topliss-reactive ketones (excluding diaryl/α,β-unsaturated/α-hetero) is 1. The normalized spacial score (nSPS) is 15.4. The van der Waals surface area contributed by atoms with Crippen LogP contribution in [0.1, 0.15) is 95.8 Å². The first-order valence-electron chi connectivity index (χ1n) is 19.0. The molecule has 0 bridgehead atoms. The van der Waals surface area contributed by atoms with E-state index in [2.05, 4.69) is 124 Å². The van der Waals surface area contributed by atoms with Crippen LogP contribution < -0.4 is 4.90 Å². The third-order valence-electron chi connectivity index (χ3n) is 10.5. The first-order chi connectivity index (χ1) is 24.3. The SMILES string of the molecule is CCCCC(CC)CN(c1ccc(C)cc1)c1ccc(C2=C(O)C(=C3C=CC(=[N+](CC(CC)CCCC)c4ccc(C)cc4)C=C3)C2=O)cc1. The summed E-state index contributed by atoms with van der Waals surface area (Å²) in [6.45, 7) is 15.2. The zero-order chi connectivity index (χ0) is 35.6. The van der Waals surface area contributed by atoms with Gasteiger partial charge >= 0.3 is 0 Å². The number of aliphatic hydroxyl groups excluding tert-OH is 1. The molecule has 2 aliphatic carbocycles. The fourth-order valence-electron chi connectivity index (χ4n) is 7.07. The van der Waals surface area contributed by atoms with E-state index in [4.69, 9.17) is 0 Å². The number of carbonyl (C=O) groups excluding carboxylic acids is 1. The Bertz CT molecular complexity index is 1750. The maximum atomic E-state index is 13.6. The van der Waals surface area contributed by atoms with Crippen molar-refractivity contribution >= 4 is 34.1 Å². The predicted octanol–water partition coefficient (Wildman–Crippen LogP) is 11.9. The van der Waals surface area contributed by atoms with Gasteiger partial charge in [0.2, 0.25) is 17.2 Å². The van der Waals surface area contributed by atoms with Crippen LogP contribution in [0.25, 0.3) is 5.57 Å². The number of ketones is 1. The number of hydrogen-bond donors (Lipinski definition) is 1. The molecule has 5 rings (SSSR count). The smallest absolute Gasteiger partial charge is 0.205 e. The summed E-state index contributed by atoms with van der Waals surface area (Å²) in [6, 6.07) is 25.6. The summed E-state index contributed by atoms with van der Waals surface area (Å²) in [5, 5.41) is 11.3. The van der Waals surface area contributed by atoms with E-state index in [-0.39, 0.29) is 11.5 Å². The summed E-state index contributed by atoms with van der Waals surface area (Å²) >= 11 is 0. The second-order valence-electron chi connectivity index (χ2n) is 14.2. The number of allylic oxidation sites excluding steroid dienone is 7. The molecule has 1 N–H and O–H groups in total. The number of benzene rings is 3. The van der Waals surface area contributed by atoms with Crippen LogP contribution >= 0.6 is 0 Å². The number of hydrogen-bond acceptors (Lipinski definition) is 3. The van der Waals surface area contributed by atoms with E-state index in [1.165, 1.54) is 61.0 Å². The zero-order valence-corrected chi connectivity index (χ0v) is 31.2. The number of aryl methyl sites for hydroxylation is 2. The monoisotopic (exact) mass is 669 g/mol. The maximum Gasteiger partial charge on any atom is 0.205 e. The molecule has 0 amide bonds. The van der Waals surface area contributed by atoms with Crippen LogP contribution in [0.3, 0.4) is 0 Å². The van der Waals surface area contributed by atoms with Gasteiger partial charge < -0.3 is 10.0 Å². The molecule has 4 heteroatoms. The molecule has 50 heavy (non-hydrogen) atoms. The van der Waals surface area contributed by atoms with Crippen LogP contribution in [0.15, 0.2) is 114 Å². The van der Waals surface area contributed by atoms with Gasteiger partial charge in [0.1, 0.15) is 5.76 Å². The molecule has 3 aromatic carbocycles. The van der Waals surface area contributed by atoms with Crippen LogP contribution in [0.2, 0.25) is 0 Å². The molecule has 3 aromatic rings. The summed E-state index contributed by atoms with van der Waals surface area (Å²) < 4.78 is 2.40. The van der Waals surface area contributed by atoms with Gasteiger partial charge in [0.15, 0.2) is 6.54 Å². The van der Waals surface area contributed by atoms with Crippen molar-refractivity contribution in [1.29, 1.82) is 0 Å². The van der Waals surface area contributed by atoms with Crippen LogP contribution in [0, 0.1) is 25.7 Å². The van der Waals surface area contributed by atoms with Gasteiger partial charge in [-0.25, -0.2) is 0 Å². The van der Waals surface area contributed by atoms with Gasteiger partial charge in [-0.15, -0.1) is 0 Å². The van der Waals surface area contributed by atoms with Crippen molar-refractivity contribution < 1.29 is 14.5 Å². The van der Waals surface area contributed by atoms with E-state index in [0.717, 1.165) is 48.5 Å². The predicted molar refractivity (Wildman–Crippen MR) is 212 cm³/mol. The molecule has 0 saturated heterocycles. The van der Waals surface area contributed by atoms with Crippen molar-refractivity contribution in [1.82, 2.24) is 0 Å². The van der Waals surface area contributed by atoms with Crippen LogP contribution in [-0.4, -0.2) is 34.3 Å². The first kappa shape index (κ1) is 36.8. The number of anilines is 2. The maximum absolute atomic E-state index is 13.6. The third-order valence-corrected chi connectivity index (χ3v) is 10.5. The molecule has 0 aromatic heterocycles. The molecule has 0 spiro atoms. The molecule has 4 nitrogen and oxygen atoms in total. The molecule has 0 aliphatic heterocycles. The second kappa shape index (κ2) is 17.5. The van der Waals surface area contributed by atoms with Gasteiger partial charge in [-0.05, 0) is 86.6 Å². The molecular formula is C46H57N2O2+. The Morgan fingerprint density at radius 1 is 0.660 bits per heavy atom. The summed E-state index contributed by atoms with van der Waals surface area (Å²) in [6.07, 6.45) is 17.7. The zero-order valence-electron chi connectivity index (χ0n) is 31.2. The van der Waals surface area contributed by atoms with Crippen molar-refractivity contribution in [3.8, 4) is 0 Å². The summed E-state index contributed by atoms with van der Waals surface area (Å²) in [4.78, 5) is 16.0. The summed E-state index contributed by atoms with van der Waals surface area (Å²) in [7, 11) is 0. The summed E-state index contributed by atoms with van der Waals surface area (Å²) in [5.41, 5.74) is 9.32. The second-order valence-corrected chi connectivity index (χ2v) is 14.2. The van der Waals surface area contributed by atoms with Gasteiger partial charge in [0, 0.05) is 48.1 Å². The Morgan fingerprint density at radius 3 is 1.70 bits per heavy atom. The number of carbonyl (C=O) groups is 1. The lowest BCUT2D eigenvalue weighted by Crippen LogP contribution is -2.25. The highest BCUT2D eigenvalue weighted by atomic mass is 16.3. The highest BCUT2D eigenvalue weighted by Gasteiger charge is 2.37. The van der Waals surface area contributed by atoms with E-state index in [9.17, 15) is 9.90 Å². The highest BCUT2D eigenvalue weighted by molar-refractivity contribution is 6.39. The molecule has 262 valence electrons. The van der Waals surface area contributed by atoms with Crippen molar-refractivity contribution in [2.45, 2.75) is 92.9 Å². The van der Waals surface area contributed by atoms with Gasteiger partial charge in [0.05, 0.1) is 11.1 Å². The minimum absolute atomic E-state index is 0.0810.